The average molecular weight is 345 g/mol. The van der Waals surface area contributed by atoms with Crippen LogP contribution in [0.2, 0.25) is 0 Å². The second kappa shape index (κ2) is 8.82. The van der Waals surface area contributed by atoms with Crippen molar-refractivity contribution in [1.29, 1.82) is 0 Å². The molecule has 2 rings (SSSR count). The van der Waals surface area contributed by atoms with Crippen LogP contribution in [0.25, 0.3) is 0 Å². The number of nitrogens with one attached hydrogen (secondary N) is 1. The minimum atomic E-state index is -0.277. The van der Waals surface area contributed by atoms with Crippen molar-refractivity contribution in [3.8, 4) is 23.0 Å². The molecule has 0 aliphatic rings. The number of hydrogen-bond donors (Lipinski definition) is 1. The lowest BCUT2D eigenvalue weighted by atomic mass is 9.97. The van der Waals surface area contributed by atoms with Crippen LogP contribution in [0.1, 0.15) is 17.2 Å². The third-order valence-corrected chi connectivity index (χ3v) is 3.97. The number of rotatable bonds is 9. The summed E-state index contributed by atoms with van der Waals surface area (Å²) < 4.78 is 21.4. The van der Waals surface area contributed by atoms with Gasteiger partial charge in [0.1, 0.15) is 0 Å². The van der Waals surface area contributed by atoms with Gasteiger partial charge in [-0.2, -0.15) is 0 Å². The van der Waals surface area contributed by atoms with E-state index in [1.54, 1.807) is 28.4 Å². The van der Waals surface area contributed by atoms with Crippen molar-refractivity contribution in [2.45, 2.75) is 12.5 Å². The van der Waals surface area contributed by atoms with E-state index in [2.05, 4.69) is 5.32 Å². The number of amides is 1. The summed E-state index contributed by atoms with van der Waals surface area (Å²) in [6.45, 7) is 0. The van der Waals surface area contributed by atoms with Gasteiger partial charge in [0.15, 0.2) is 23.0 Å². The molecule has 1 N–H and O–H groups in total. The smallest absolute Gasteiger partial charge is 0.207 e. The number of ether oxygens (including phenoxy) is 4. The van der Waals surface area contributed by atoms with Crippen molar-refractivity contribution in [3.05, 3.63) is 47.5 Å². The summed E-state index contributed by atoms with van der Waals surface area (Å²) in [5, 5.41) is 2.85. The molecule has 6 heteroatoms. The van der Waals surface area contributed by atoms with E-state index in [9.17, 15) is 4.79 Å². The third-order valence-electron chi connectivity index (χ3n) is 3.97. The summed E-state index contributed by atoms with van der Waals surface area (Å²) in [4.78, 5) is 11.1. The molecule has 0 aromatic heterocycles. The van der Waals surface area contributed by atoms with E-state index in [1.807, 2.05) is 36.4 Å². The van der Waals surface area contributed by atoms with Gasteiger partial charge in [-0.1, -0.05) is 18.2 Å². The summed E-state index contributed by atoms with van der Waals surface area (Å²) >= 11 is 0. The zero-order chi connectivity index (χ0) is 18.2. The molecule has 0 heterocycles. The van der Waals surface area contributed by atoms with Crippen molar-refractivity contribution < 1.29 is 23.7 Å². The fourth-order valence-electron chi connectivity index (χ4n) is 2.77. The zero-order valence-electron chi connectivity index (χ0n) is 14.9. The molecule has 0 fully saturated rings. The highest BCUT2D eigenvalue weighted by Gasteiger charge is 2.20. The molecule has 134 valence electrons. The maximum Gasteiger partial charge on any atom is 0.207 e. The van der Waals surface area contributed by atoms with Gasteiger partial charge in [-0.15, -0.1) is 0 Å². The van der Waals surface area contributed by atoms with Crippen molar-refractivity contribution in [3.63, 3.8) is 0 Å². The first-order valence-corrected chi connectivity index (χ1v) is 7.80. The Morgan fingerprint density at radius 1 is 0.920 bits per heavy atom. The topological polar surface area (TPSA) is 66.0 Å². The van der Waals surface area contributed by atoms with Crippen LogP contribution in [-0.2, 0) is 11.2 Å². The third kappa shape index (κ3) is 4.15. The normalized spacial score (nSPS) is 11.4. The number of benzene rings is 2. The largest absolute Gasteiger partial charge is 0.493 e. The van der Waals surface area contributed by atoms with Gasteiger partial charge in [-0.25, -0.2) is 0 Å². The van der Waals surface area contributed by atoms with Crippen LogP contribution in [0.5, 0.6) is 23.0 Å². The predicted octanol–water partition coefficient (Wildman–Crippen LogP) is 2.75. The van der Waals surface area contributed by atoms with Gasteiger partial charge in [-0.3, -0.25) is 4.79 Å². The fraction of sp³-hybridized carbons (Fsp3) is 0.316. The van der Waals surface area contributed by atoms with E-state index in [4.69, 9.17) is 18.9 Å². The fourth-order valence-corrected chi connectivity index (χ4v) is 2.77. The molecule has 6 nitrogen and oxygen atoms in total. The van der Waals surface area contributed by atoms with Crippen LogP contribution in [0.4, 0.5) is 0 Å². The molecule has 1 atom stereocenters. The van der Waals surface area contributed by atoms with Crippen molar-refractivity contribution in [1.82, 2.24) is 5.32 Å². The Hall–Kier alpha value is -2.89. The van der Waals surface area contributed by atoms with Gasteiger partial charge in [0, 0.05) is 5.56 Å². The van der Waals surface area contributed by atoms with E-state index >= 15 is 0 Å². The van der Waals surface area contributed by atoms with Crippen LogP contribution in [0.3, 0.4) is 0 Å². The van der Waals surface area contributed by atoms with Crippen LogP contribution in [0, 0.1) is 0 Å². The van der Waals surface area contributed by atoms with Crippen molar-refractivity contribution >= 4 is 6.41 Å². The van der Waals surface area contributed by atoms with Gasteiger partial charge >= 0.3 is 0 Å². The standard InChI is InChI=1S/C19H23NO5/c1-22-16-9-8-13(11-18(16)24-3)10-15(20-12-21)14-6-5-7-17(23-2)19(14)25-4/h5-9,11-12,15H,10H2,1-4H3,(H,20,21). The maximum absolute atomic E-state index is 11.1. The molecule has 0 aliphatic carbocycles. The summed E-state index contributed by atoms with van der Waals surface area (Å²) in [7, 11) is 6.34. The van der Waals surface area contributed by atoms with E-state index in [0.29, 0.717) is 35.8 Å². The first-order chi connectivity index (χ1) is 12.2. The highest BCUT2D eigenvalue weighted by atomic mass is 16.5. The lowest BCUT2D eigenvalue weighted by Crippen LogP contribution is -2.22. The molecular weight excluding hydrogens is 322 g/mol. The lowest BCUT2D eigenvalue weighted by molar-refractivity contribution is -0.110. The summed E-state index contributed by atoms with van der Waals surface area (Å²) in [5.74, 6) is 2.52. The molecule has 1 amide bonds. The van der Waals surface area contributed by atoms with Gasteiger partial charge in [0.2, 0.25) is 6.41 Å². The first-order valence-electron chi connectivity index (χ1n) is 7.80. The minimum Gasteiger partial charge on any atom is -0.493 e. The minimum absolute atomic E-state index is 0.277. The van der Waals surface area contributed by atoms with Crippen LogP contribution < -0.4 is 24.3 Å². The average Bonchev–Trinajstić information content (AvgIpc) is 2.66. The molecule has 25 heavy (non-hydrogen) atoms. The van der Waals surface area contributed by atoms with E-state index in [-0.39, 0.29) is 6.04 Å². The molecule has 0 saturated heterocycles. The molecule has 2 aromatic rings. The van der Waals surface area contributed by atoms with Crippen LogP contribution in [0.15, 0.2) is 36.4 Å². The summed E-state index contributed by atoms with van der Waals surface area (Å²) in [6, 6.07) is 11.0. The SMILES string of the molecule is COc1ccc(CC(NC=O)c2cccc(OC)c2OC)cc1OC. The molecular formula is C19H23NO5. The lowest BCUT2D eigenvalue weighted by Gasteiger charge is -2.21. The first kappa shape index (κ1) is 18.4. The number of hydrogen-bond acceptors (Lipinski definition) is 5. The molecule has 1 unspecified atom stereocenters. The summed E-state index contributed by atoms with van der Waals surface area (Å²) in [5.41, 5.74) is 1.82. The Kier molecular flexibility index (Phi) is 6.51. The highest BCUT2D eigenvalue weighted by molar-refractivity contribution is 5.53. The molecule has 0 spiro atoms. The van der Waals surface area contributed by atoms with Crippen LogP contribution in [-0.4, -0.2) is 34.8 Å². The maximum atomic E-state index is 11.1. The Morgan fingerprint density at radius 2 is 1.64 bits per heavy atom. The zero-order valence-corrected chi connectivity index (χ0v) is 14.9. The van der Waals surface area contributed by atoms with Gasteiger partial charge in [-0.05, 0) is 30.2 Å². The molecule has 0 radical (unpaired) electrons. The van der Waals surface area contributed by atoms with Gasteiger partial charge in [0.25, 0.3) is 0 Å². The van der Waals surface area contributed by atoms with Gasteiger partial charge in [0.05, 0.1) is 34.5 Å². The Labute approximate surface area is 147 Å². The number of para-hydroxylation sites is 1. The van der Waals surface area contributed by atoms with E-state index in [0.717, 1.165) is 11.1 Å². The highest BCUT2D eigenvalue weighted by Crippen LogP contribution is 2.36. The van der Waals surface area contributed by atoms with E-state index < -0.39 is 0 Å². The predicted molar refractivity (Wildman–Crippen MR) is 94.7 cm³/mol. The van der Waals surface area contributed by atoms with Crippen molar-refractivity contribution in [2.24, 2.45) is 0 Å². The van der Waals surface area contributed by atoms with Crippen LogP contribution >= 0.6 is 0 Å². The number of carbonyl (C=O) groups is 1. The number of methoxy groups -OCH3 is 4. The monoisotopic (exact) mass is 345 g/mol. The molecule has 2 aromatic carbocycles. The van der Waals surface area contributed by atoms with Gasteiger partial charge < -0.3 is 24.3 Å². The quantitative estimate of drug-likeness (QED) is 0.708. The Bertz CT molecular complexity index is 717. The summed E-state index contributed by atoms with van der Waals surface area (Å²) in [6.07, 6.45) is 1.24. The molecule has 0 bridgehead atoms. The van der Waals surface area contributed by atoms with Crippen molar-refractivity contribution in [2.75, 3.05) is 28.4 Å². The molecule has 0 saturated carbocycles. The Morgan fingerprint density at radius 3 is 2.24 bits per heavy atom. The molecule has 0 aliphatic heterocycles. The second-order valence-corrected chi connectivity index (χ2v) is 5.31. The number of carbonyl (C=O) groups excluding carboxylic acids is 1. The van der Waals surface area contributed by atoms with E-state index in [1.165, 1.54) is 0 Å². The second-order valence-electron chi connectivity index (χ2n) is 5.31. The Balaban J connectivity index is 2.38.